The molecule has 0 spiro atoms. The third-order valence-electron chi connectivity index (χ3n) is 2.55. The van der Waals surface area contributed by atoms with Crippen LogP contribution in [0.4, 0.5) is 5.69 Å². The normalized spacial score (nSPS) is 10.8. The number of unbranched alkanes of at least 4 members (excludes halogenated alkanes) is 1. The van der Waals surface area contributed by atoms with E-state index in [9.17, 15) is 0 Å². The van der Waals surface area contributed by atoms with Crippen LogP contribution in [-0.2, 0) is 0 Å². The number of benzene rings is 1. The van der Waals surface area contributed by atoms with Gasteiger partial charge in [0.25, 0.3) is 0 Å². The summed E-state index contributed by atoms with van der Waals surface area (Å²) in [6.45, 7) is 1.04. The molecule has 16 heavy (non-hydrogen) atoms. The summed E-state index contributed by atoms with van der Waals surface area (Å²) in [5.41, 5.74) is 2.26. The zero-order valence-corrected chi connectivity index (χ0v) is 10.3. The van der Waals surface area contributed by atoms with Gasteiger partial charge in [0, 0.05) is 17.6 Å². The van der Waals surface area contributed by atoms with Crippen molar-refractivity contribution in [1.29, 1.82) is 0 Å². The average Bonchev–Trinajstić information content (AvgIpc) is 2.76. The van der Waals surface area contributed by atoms with Gasteiger partial charge in [-0.3, -0.25) is 5.10 Å². The van der Waals surface area contributed by atoms with Gasteiger partial charge in [0.05, 0.1) is 11.7 Å². The molecule has 0 saturated carbocycles. The molecule has 1 aromatic heterocycles. The lowest BCUT2D eigenvalue weighted by atomic mass is 10.2. The van der Waals surface area contributed by atoms with Gasteiger partial charge in [0.2, 0.25) is 0 Å². The predicted octanol–water partition coefficient (Wildman–Crippen LogP) is 3.12. The van der Waals surface area contributed by atoms with Crippen LogP contribution in [-0.4, -0.2) is 28.8 Å². The van der Waals surface area contributed by atoms with Gasteiger partial charge in [-0.2, -0.15) is 16.9 Å². The molecule has 86 valence electrons. The second-order valence-corrected chi connectivity index (χ2v) is 4.78. The van der Waals surface area contributed by atoms with Gasteiger partial charge in [-0.1, -0.05) is 0 Å². The fraction of sp³-hybridized carbons (Fsp3) is 0.417. The van der Waals surface area contributed by atoms with E-state index in [-0.39, 0.29) is 0 Å². The Kier molecular flexibility index (Phi) is 4.10. The SMILES string of the molecule is CSCCCCNc1ccc2cn[nH]c2c1. The van der Waals surface area contributed by atoms with Crippen molar-refractivity contribution in [3.63, 3.8) is 0 Å². The van der Waals surface area contributed by atoms with Crippen molar-refractivity contribution < 1.29 is 0 Å². The van der Waals surface area contributed by atoms with Crippen LogP contribution in [0.5, 0.6) is 0 Å². The quantitative estimate of drug-likeness (QED) is 0.756. The van der Waals surface area contributed by atoms with Crippen LogP contribution in [0.25, 0.3) is 10.9 Å². The van der Waals surface area contributed by atoms with Crippen LogP contribution in [0, 0.1) is 0 Å². The molecule has 0 fully saturated rings. The zero-order valence-electron chi connectivity index (χ0n) is 9.49. The van der Waals surface area contributed by atoms with E-state index in [1.54, 1.807) is 0 Å². The highest BCUT2D eigenvalue weighted by molar-refractivity contribution is 7.98. The molecule has 2 rings (SSSR count). The van der Waals surface area contributed by atoms with Crippen molar-refractivity contribution in [3.05, 3.63) is 24.4 Å². The molecular weight excluding hydrogens is 218 g/mol. The van der Waals surface area contributed by atoms with Crippen molar-refractivity contribution in [2.75, 3.05) is 23.9 Å². The molecule has 0 saturated heterocycles. The van der Waals surface area contributed by atoms with E-state index in [0.29, 0.717) is 0 Å². The molecule has 1 aromatic carbocycles. The van der Waals surface area contributed by atoms with Crippen molar-refractivity contribution in [1.82, 2.24) is 10.2 Å². The van der Waals surface area contributed by atoms with Gasteiger partial charge in [-0.25, -0.2) is 0 Å². The van der Waals surface area contributed by atoms with E-state index in [4.69, 9.17) is 0 Å². The molecule has 0 amide bonds. The second kappa shape index (κ2) is 5.80. The Morgan fingerprint density at radius 3 is 3.19 bits per heavy atom. The summed E-state index contributed by atoms with van der Waals surface area (Å²) in [5, 5.41) is 11.6. The molecule has 0 aliphatic rings. The summed E-state index contributed by atoms with van der Waals surface area (Å²) in [7, 11) is 0. The third kappa shape index (κ3) is 2.92. The first-order valence-electron chi connectivity index (χ1n) is 5.56. The number of nitrogens with one attached hydrogen (secondary N) is 2. The summed E-state index contributed by atoms with van der Waals surface area (Å²) in [5.74, 6) is 1.25. The minimum Gasteiger partial charge on any atom is -0.385 e. The monoisotopic (exact) mass is 235 g/mol. The maximum Gasteiger partial charge on any atom is 0.0670 e. The largest absolute Gasteiger partial charge is 0.385 e. The number of aromatic nitrogens is 2. The molecule has 0 bridgehead atoms. The number of thioether (sulfide) groups is 1. The van der Waals surface area contributed by atoms with Crippen molar-refractivity contribution in [3.8, 4) is 0 Å². The topological polar surface area (TPSA) is 40.7 Å². The Bertz CT molecular complexity index is 439. The fourth-order valence-corrected chi connectivity index (χ4v) is 2.14. The Hall–Kier alpha value is -1.16. The van der Waals surface area contributed by atoms with Crippen LogP contribution < -0.4 is 5.32 Å². The smallest absolute Gasteiger partial charge is 0.0670 e. The number of fused-ring (bicyclic) bond motifs is 1. The van der Waals surface area contributed by atoms with Gasteiger partial charge >= 0.3 is 0 Å². The van der Waals surface area contributed by atoms with E-state index in [1.807, 2.05) is 18.0 Å². The zero-order chi connectivity index (χ0) is 11.2. The number of nitrogens with zero attached hydrogens (tertiary/aromatic N) is 1. The predicted molar refractivity (Wildman–Crippen MR) is 72.2 cm³/mol. The Morgan fingerprint density at radius 2 is 2.31 bits per heavy atom. The summed E-state index contributed by atoms with van der Waals surface area (Å²) >= 11 is 1.91. The lowest BCUT2D eigenvalue weighted by molar-refractivity contribution is 0.843. The fourth-order valence-electron chi connectivity index (χ4n) is 1.65. The van der Waals surface area contributed by atoms with E-state index in [1.165, 1.54) is 24.3 Å². The molecular formula is C12H17N3S. The van der Waals surface area contributed by atoms with E-state index in [0.717, 1.165) is 17.4 Å². The lowest BCUT2D eigenvalue weighted by Gasteiger charge is -2.05. The highest BCUT2D eigenvalue weighted by Gasteiger charge is 1.97. The van der Waals surface area contributed by atoms with Crippen LogP contribution in [0.1, 0.15) is 12.8 Å². The van der Waals surface area contributed by atoms with Crippen LogP contribution in [0.2, 0.25) is 0 Å². The van der Waals surface area contributed by atoms with Gasteiger partial charge in [-0.15, -0.1) is 0 Å². The number of rotatable bonds is 6. The standard InChI is InChI=1S/C12H17N3S/c1-16-7-3-2-6-13-11-5-4-10-9-14-15-12(10)8-11/h4-5,8-9,13H,2-3,6-7H2,1H3,(H,14,15). The third-order valence-corrected chi connectivity index (χ3v) is 3.24. The second-order valence-electron chi connectivity index (χ2n) is 3.80. The number of H-pyrrole nitrogens is 1. The van der Waals surface area contributed by atoms with E-state index < -0.39 is 0 Å². The number of aromatic amines is 1. The Balaban J connectivity index is 1.84. The molecule has 2 aromatic rings. The number of hydrogen-bond acceptors (Lipinski definition) is 3. The van der Waals surface area contributed by atoms with Crippen LogP contribution >= 0.6 is 11.8 Å². The molecule has 2 N–H and O–H groups in total. The summed E-state index contributed by atoms with van der Waals surface area (Å²) in [6.07, 6.45) is 6.50. The number of anilines is 1. The molecule has 0 aliphatic heterocycles. The first-order valence-corrected chi connectivity index (χ1v) is 6.95. The van der Waals surface area contributed by atoms with E-state index in [2.05, 4.69) is 40.0 Å². The summed E-state index contributed by atoms with van der Waals surface area (Å²) in [4.78, 5) is 0. The lowest BCUT2D eigenvalue weighted by Crippen LogP contribution is -2.01. The summed E-state index contributed by atoms with van der Waals surface area (Å²) in [6, 6.07) is 6.30. The number of hydrogen-bond donors (Lipinski definition) is 2. The van der Waals surface area contributed by atoms with Crippen molar-refractivity contribution >= 4 is 28.4 Å². The molecule has 1 heterocycles. The van der Waals surface area contributed by atoms with Gasteiger partial charge in [0.1, 0.15) is 0 Å². The van der Waals surface area contributed by atoms with Gasteiger partial charge < -0.3 is 5.32 Å². The van der Waals surface area contributed by atoms with E-state index >= 15 is 0 Å². The maximum absolute atomic E-state index is 4.01. The first kappa shape index (κ1) is 11.3. The highest BCUT2D eigenvalue weighted by Crippen LogP contribution is 2.16. The molecule has 0 unspecified atom stereocenters. The summed E-state index contributed by atoms with van der Waals surface area (Å²) < 4.78 is 0. The molecule has 0 atom stereocenters. The van der Waals surface area contributed by atoms with Crippen LogP contribution in [0.3, 0.4) is 0 Å². The Labute approximate surface area is 100 Å². The average molecular weight is 235 g/mol. The molecule has 0 radical (unpaired) electrons. The minimum absolute atomic E-state index is 1.04. The van der Waals surface area contributed by atoms with Gasteiger partial charge in [0.15, 0.2) is 0 Å². The molecule has 4 heteroatoms. The highest BCUT2D eigenvalue weighted by atomic mass is 32.2. The van der Waals surface area contributed by atoms with Crippen molar-refractivity contribution in [2.45, 2.75) is 12.8 Å². The van der Waals surface area contributed by atoms with Crippen LogP contribution in [0.15, 0.2) is 24.4 Å². The maximum atomic E-state index is 4.01. The van der Waals surface area contributed by atoms with Gasteiger partial charge in [-0.05, 0) is 43.0 Å². The molecule has 3 nitrogen and oxygen atoms in total. The Morgan fingerprint density at radius 1 is 1.38 bits per heavy atom. The first-order chi connectivity index (χ1) is 7.90. The molecule has 0 aliphatic carbocycles. The van der Waals surface area contributed by atoms with Crippen molar-refractivity contribution in [2.24, 2.45) is 0 Å². The minimum atomic E-state index is 1.04.